The number of aliphatic hydroxyl groups is 1. The zero-order valence-electron chi connectivity index (χ0n) is 10.4. The zero-order chi connectivity index (χ0) is 12.4. The number of nitrogens with one attached hydrogen (secondary N) is 1. The van der Waals surface area contributed by atoms with Crippen LogP contribution in [-0.4, -0.2) is 31.4 Å². The zero-order valence-corrected chi connectivity index (χ0v) is 11.2. The van der Waals surface area contributed by atoms with Gasteiger partial charge in [-0.15, -0.1) is 0 Å². The molecule has 1 aliphatic rings. The van der Waals surface area contributed by atoms with E-state index in [1.165, 1.54) is 0 Å². The van der Waals surface area contributed by atoms with Gasteiger partial charge in [-0.2, -0.15) is 0 Å². The van der Waals surface area contributed by atoms with Crippen LogP contribution in [0.1, 0.15) is 46.5 Å². The highest BCUT2D eigenvalue weighted by Crippen LogP contribution is 2.21. The molecule has 0 bridgehead atoms. The average molecular weight is 249 g/mol. The Morgan fingerprint density at radius 2 is 1.69 bits per heavy atom. The van der Waals surface area contributed by atoms with Crippen molar-refractivity contribution in [2.75, 3.05) is 5.75 Å². The van der Waals surface area contributed by atoms with Crippen LogP contribution in [0, 0.1) is 5.41 Å². The molecule has 4 nitrogen and oxygen atoms in total. The summed E-state index contributed by atoms with van der Waals surface area (Å²) >= 11 is 0. The lowest BCUT2D eigenvalue weighted by atomic mass is 9.94. The van der Waals surface area contributed by atoms with Crippen molar-refractivity contribution < 1.29 is 13.5 Å². The number of hydrogen-bond donors (Lipinski definition) is 2. The third-order valence-corrected chi connectivity index (χ3v) is 4.60. The van der Waals surface area contributed by atoms with Gasteiger partial charge in [-0.25, -0.2) is 13.1 Å². The van der Waals surface area contributed by atoms with Gasteiger partial charge in [-0.05, 0) is 31.1 Å². The fourth-order valence-electron chi connectivity index (χ4n) is 2.06. The predicted octanol–water partition coefficient (Wildman–Crippen LogP) is 1.26. The Kier molecular flexibility index (Phi) is 4.37. The van der Waals surface area contributed by atoms with Crippen LogP contribution in [-0.2, 0) is 10.0 Å². The van der Waals surface area contributed by atoms with Gasteiger partial charge >= 0.3 is 0 Å². The van der Waals surface area contributed by atoms with Gasteiger partial charge in [0.2, 0.25) is 10.0 Å². The smallest absolute Gasteiger partial charge is 0.212 e. The summed E-state index contributed by atoms with van der Waals surface area (Å²) in [6.07, 6.45) is 2.63. The Hall–Kier alpha value is -0.130. The first-order valence-electron chi connectivity index (χ1n) is 5.86. The number of hydrogen-bond acceptors (Lipinski definition) is 3. The van der Waals surface area contributed by atoms with Gasteiger partial charge in [0.1, 0.15) is 0 Å². The van der Waals surface area contributed by atoms with E-state index in [1.807, 2.05) is 20.8 Å². The molecule has 0 saturated heterocycles. The third kappa shape index (κ3) is 5.27. The number of rotatable bonds is 3. The summed E-state index contributed by atoms with van der Waals surface area (Å²) in [4.78, 5) is 0. The first-order valence-corrected chi connectivity index (χ1v) is 7.51. The highest BCUT2D eigenvalue weighted by molar-refractivity contribution is 7.89. The topological polar surface area (TPSA) is 66.4 Å². The van der Waals surface area contributed by atoms with Gasteiger partial charge < -0.3 is 5.11 Å². The highest BCUT2D eigenvalue weighted by atomic mass is 32.2. The molecule has 0 spiro atoms. The van der Waals surface area contributed by atoms with Crippen molar-refractivity contribution in [3.8, 4) is 0 Å². The Balaban J connectivity index is 2.47. The average Bonchev–Trinajstić information content (AvgIpc) is 2.04. The fourth-order valence-corrected chi connectivity index (χ4v) is 4.03. The molecular weight excluding hydrogens is 226 g/mol. The van der Waals surface area contributed by atoms with Crippen molar-refractivity contribution in [3.63, 3.8) is 0 Å². The molecule has 96 valence electrons. The molecule has 0 heterocycles. The molecule has 0 unspecified atom stereocenters. The summed E-state index contributed by atoms with van der Waals surface area (Å²) in [5, 5.41) is 9.33. The summed E-state index contributed by atoms with van der Waals surface area (Å²) in [6, 6.07) is 0.00995. The van der Waals surface area contributed by atoms with Gasteiger partial charge in [0.15, 0.2) is 0 Å². The number of aliphatic hydroxyl groups excluding tert-OH is 1. The second-order valence-corrected chi connectivity index (χ2v) is 7.70. The maximum absolute atomic E-state index is 11.8. The van der Waals surface area contributed by atoms with E-state index in [0.717, 1.165) is 12.8 Å². The van der Waals surface area contributed by atoms with Gasteiger partial charge in [-0.3, -0.25) is 0 Å². The van der Waals surface area contributed by atoms with Crippen molar-refractivity contribution in [2.45, 2.75) is 58.6 Å². The molecular formula is C11H23NO3S. The summed E-state index contributed by atoms with van der Waals surface area (Å²) in [7, 11) is -3.19. The standard InChI is InChI=1S/C11H23NO3S/c1-11(2,3)8-16(14,15)12-9-4-6-10(13)7-5-9/h9-10,12-13H,4-8H2,1-3H3. The minimum absolute atomic E-state index is 0.00995. The van der Waals surface area contributed by atoms with Crippen LogP contribution in [0.2, 0.25) is 0 Å². The van der Waals surface area contributed by atoms with Crippen LogP contribution in [0.15, 0.2) is 0 Å². The van der Waals surface area contributed by atoms with Gasteiger partial charge in [0.25, 0.3) is 0 Å². The molecule has 0 aliphatic heterocycles. The first-order chi connectivity index (χ1) is 7.18. The molecule has 0 aromatic carbocycles. The van der Waals surface area contributed by atoms with E-state index >= 15 is 0 Å². The van der Waals surface area contributed by atoms with Crippen LogP contribution < -0.4 is 4.72 Å². The molecule has 0 aromatic heterocycles. The summed E-state index contributed by atoms with van der Waals surface area (Å²) < 4.78 is 26.4. The van der Waals surface area contributed by atoms with Crippen LogP contribution >= 0.6 is 0 Å². The largest absolute Gasteiger partial charge is 0.393 e. The highest BCUT2D eigenvalue weighted by Gasteiger charge is 2.26. The quantitative estimate of drug-likeness (QED) is 0.791. The third-order valence-electron chi connectivity index (χ3n) is 2.67. The first kappa shape index (κ1) is 13.9. The second kappa shape index (κ2) is 5.02. The predicted molar refractivity (Wildman–Crippen MR) is 64.6 cm³/mol. The summed E-state index contributed by atoms with van der Waals surface area (Å²) in [5.41, 5.74) is -0.222. The van der Waals surface area contributed by atoms with E-state index in [4.69, 9.17) is 0 Å². The van der Waals surface area contributed by atoms with Crippen molar-refractivity contribution in [3.05, 3.63) is 0 Å². The SMILES string of the molecule is CC(C)(C)CS(=O)(=O)NC1CCC(O)CC1. The summed E-state index contributed by atoms with van der Waals surface area (Å²) in [5.74, 6) is 0.152. The minimum atomic E-state index is -3.19. The van der Waals surface area contributed by atoms with E-state index in [-0.39, 0.29) is 23.3 Å². The maximum atomic E-state index is 11.8. The van der Waals surface area contributed by atoms with E-state index in [2.05, 4.69) is 4.72 Å². The Bertz CT molecular complexity index is 311. The van der Waals surface area contributed by atoms with Crippen LogP contribution in [0.5, 0.6) is 0 Å². The molecule has 0 atom stereocenters. The second-order valence-electron chi connectivity index (χ2n) is 5.94. The Morgan fingerprint density at radius 1 is 1.19 bits per heavy atom. The molecule has 0 aromatic rings. The molecule has 2 N–H and O–H groups in total. The molecule has 5 heteroatoms. The van der Waals surface area contributed by atoms with E-state index in [0.29, 0.717) is 12.8 Å². The lowest BCUT2D eigenvalue weighted by molar-refractivity contribution is 0.120. The maximum Gasteiger partial charge on any atom is 0.212 e. The normalized spacial score (nSPS) is 28.0. The summed E-state index contributed by atoms with van der Waals surface area (Å²) in [6.45, 7) is 5.74. The number of sulfonamides is 1. The van der Waals surface area contributed by atoms with Crippen LogP contribution in [0.3, 0.4) is 0 Å². The molecule has 0 amide bonds. The van der Waals surface area contributed by atoms with Crippen molar-refractivity contribution >= 4 is 10.0 Å². The van der Waals surface area contributed by atoms with Crippen molar-refractivity contribution in [1.29, 1.82) is 0 Å². The van der Waals surface area contributed by atoms with Crippen LogP contribution in [0.4, 0.5) is 0 Å². The monoisotopic (exact) mass is 249 g/mol. The molecule has 0 radical (unpaired) electrons. The molecule has 1 aliphatic carbocycles. The Morgan fingerprint density at radius 3 is 2.12 bits per heavy atom. The van der Waals surface area contributed by atoms with E-state index < -0.39 is 10.0 Å². The molecule has 1 fully saturated rings. The van der Waals surface area contributed by atoms with Crippen molar-refractivity contribution in [1.82, 2.24) is 4.72 Å². The Labute approximate surface area is 98.5 Å². The van der Waals surface area contributed by atoms with Gasteiger partial charge in [-0.1, -0.05) is 20.8 Å². The molecule has 16 heavy (non-hydrogen) atoms. The fraction of sp³-hybridized carbons (Fsp3) is 1.00. The lowest BCUT2D eigenvalue weighted by Gasteiger charge is -2.27. The van der Waals surface area contributed by atoms with E-state index in [9.17, 15) is 13.5 Å². The van der Waals surface area contributed by atoms with Gasteiger partial charge in [0.05, 0.1) is 11.9 Å². The molecule has 1 saturated carbocycles. The minimum Gasteiger partial charge on any atom is -0.393 e. The van der Waals surface area contributed by atoms with Crippen molar-refractivity contribution in [2.24, 2.45) is 5.41 Å². The van der Waals surface area contributed by atoms with Gasteiger partial charge in [0, 0.05) is 6.04 Å². The molecule has 1 rings (SSSR count). The van der Waals surface area contributed by atoms with Crippen LogP contribution in [0.25, 0.3) is 0 Å². The van der Waals surface area contributed by atoms with E-state index in [1.54, 1.807) is 0 Å². The lowest BCUT2D eigenvalue weighted by Crippen LogP contribution is -2.41.